The Morgan fingerprint density at radius 3 is 3.00 bits per heavy atom. The minimum absolute atomic E-state index is 0.196. The van der Waals surface area contributed by atoms with Gasteiger partial charge in [-0.25, -0.2) is 4.98 Å². The number of amides is 1. The first-order chi connectivity index (χ1) is 7.63. The molecule has 7 heteroatoms. The van der Waals surface area contributed by atoms with E-state index in [9.17, 15) is 9.00 Å². The lowest BCUT2D eigenvalue weighted by molar-refractivity contribution is 0.0949. The third-order valence-corrected chi connectivity index (χ3v) is 3.59. The molecule has 5 nitrogen and oxygen atoms in total. The molecular weight excluding hydrogens is 246 g/mol. The van der Waals surface area contributed by atoms with Gasteiger partial charge in [0, 0.05) is 41.3 Å². The standard InChI is InChI=1S/C9H15N3O2S2/c1-16(14)4-2-3-11-9(13)7-6-15-8(5-10)12-7/h6H,2-5,10H2,1H3,(H,11,13). The van der Waals surface area contributed by atoms with E-state index in [0.717, 1.165) is 5.01 Å². The van der Waals surface area contributed by atoms with Crippen LogP contribution in [0.4, 0.5) is 0 Å². The van der Waals surface area contributed by atoms with Crippen molar-refractivity contribution in [2.75, 3.05) is 18.6 Å². The van der Waals surface area contributed by atoms with E-state index in [2.05, 4.69) is 10.3 Å². The van der Waals surface area contributed by atoms with Gasteiger partial charge in [-0.2, -0.15) is 0 Å². The number of nitrogens with one attached hydrogen (secondary N) is 1. The van der Waals surface area contributed by atoms with Gasteiger partial charge in [-0.3, -0.25) is 9.00 Å². The maximum Gasteiger partial charge on any atom is 0.270 e. The van der Waals surface area contributed by atoms with Crippen LogP contribution in [0.25, 0.3) is 0 Å². The van der Waals surface area contributed by atoms with Crippen molar-refractivity contribution in [2.45, 2.75) is 13.0 Å². The molecule has 0 aliphatic rings. The summed E-state index contributed by atoms with van der Waals surface area (Å²) in [5, 5.41) is 5.16. The van der Waals surface area contributed by atoms with Crippen LogP contribution in [0.5, 0.6) is 0 Å². The van der Waals surface area contributed by atoms with Crippen molar-refractivity contribution in [2.24, 2.45) is 5.73 Å². The van der Waals surface area contributed by atoms with E-state index in [1.54, 1.807) is 11.6 Å². The largest absolute Gasteiger partial charge is 0.351 e. The van der Waals surface area contributed by atoms with Crippen molar-refractivity contribution in [1.29, 1.82) is 0 Å². The Bertz CT molecular complexity index is 379. The first kappa shape index (κ1) is 13.3. The number of aromatic nitrogens is 1. The number of carbonyl (C=O) groups excluding carboxylic acids is 1. The molecule has 1 rings (SSSR count). The zero-order valence-electron chi connectivity index (χ0n) is 9.06. The van der Waals surface area contributed by atoms with Crippen LogP contribution in [-0.4, -0.2) is 33.7 Å². The molecule has 0 aliphatic carbocycles. The van der Waals surface area contributed by atoms with Gasteiger partial charge in [-0.1, -0.05) is 0 Å². The van der Waals surface area contributed by atoms with Gasteiger partial charge >= 0.3 is 0 Å². The minimum Gasteiger partial charge on any atom is -0.351 e. The Balaban J connectivity index is 2.32. The number of hydrogen-bond acceptors (Lipinski definition) is 5. The molecule has 1 unspecified atom stereocenters. The van der Waals surface area contributed by atoms with Crippen LogP contribution in [0.15, 0.2) is 5.38 Å². The van der Waals surface area contributed by atoms with Crippen LogP contribution in [0.2, 0.25) is 0 Å². The van der Waals surface area contributed by atoms with Gasteiger partial charge in [0.05, 0.1) is 0 Å². The highest BCUT2D eigenvalue weighted by molar-refractivity contribution is 7.84. The van der Waals surface area contributed by atoms with Crippen LogP contribution < -0.4 is 11.1 Å². The Kier molecular flexibility index (Phi) is 5.58. The fourth-order valence-corrected chi connectivity index (χ4v) is 2.28. The van der Waals surface area contributed by atoms with Crippen LogP contribution in [0.3, 0.4) is 0 Å². The highest BCUT2D eigenvalue weighted by Gasteiger charge is 2.09. The molecule has 0 radical (unpaired) electrons. The summed E-state index contributed by atoms with van der Waals surface area (Å²) in [4.78, 5) is 15.6. The molecular formula is C9H15N3O2S2. The molecule has 1 atom stereocenters. The fraction of sp³-hybridized carbons (Fsp3) is 0.556. The molecule has 3 N–H and O–H groups in total. The molecule has 0 aliphatic heterocycles. The van der Waals surface area contributed by atoms with Gasteiger partial charge in [0.2, 0.25) is 0 Å². The number of hydrogen-bond donors (Lipinski definition) is 2. The van der Waals surface area contributed by atoms with E-state index < -0.39 is 10.8 Å². The molecule has 0 fully saturated rings. The molecule has 0 aromatic carbocycles. The highest BCUT2D eigenvalue weighted by atomic mass is 32.2. The Morgan fingerprint density at radius 2 is 2.44 bits per heavy atom. The summed E-state index contributed by atoms with van der Waals surface area (Å²) in [5.74, 6) is 0.406. The van der Waals surface area contributed by atoms with Gasteiger partial charge in [-0.15, -0.1) is 11.3 Å². The summed E-state index contributed by atoms with van der Waals surface area (Å²) >= 11 is 1.38. The lowest BCUT2D eigenvalue weighted by Gasteiger charge is -2.01. The summed E-state index contributed by atoms with van der Waals surface area (Å²) in [7, 11) is -0.803. The third-order valence-electron chi connectivity index (χ3n) is 1.85. The summed E-state index contributed by atoms with van der Waals surface area (Å²) in [5.41, 5.74) is 5.81. The van der Waals surface area contributed by atoms with Crippen molar-refractivity contribution >= 4 is 28.0 Å². The van der Waals surface area contributed by atoms with Crippen LogP contribution in [0.1, 0.15) is 21.9 Å². The van der Waals surface area contributed by atoms with Crippen LogP contribution in [0, 0.1) is 0 Å². The molecule has 0 bridgehead atoms. The number of nitrogens with two attached hydrogens (primary N) is 1. The van der Waals surface area contributed by atoms with E-state index >= 15 is 0 Å². The van der Waals surface area contributed by atoms with E-state index in [4.69, 9.17) is 5.73 Å². The zero-order valence-corrected chi connectivity index (χ0v) is 10.7. The number of nitrogens with zero attached hydrogens (tertiary/aromatic N) is 1. The second kappa shape index (κ2) is 6.72. The molecule has 1 aromatic rings. The van der Waals surface area contributed by atoms with E-state index in [-0.39, 0.29) is 5.91 Å². The quantitative estimate of drug-likeness (QED) is 0.711. The molecule has 90 valence electrons. The molecule has 16 heavy (non-hydrogen) atoms. The van der Waals surface area contributed by atoms with Gasteiger partial charge in [-0.05, 0) is 6.42 Å². The van der Waals surface area contributed by atoms with Crippen LogP contribution in [-0.2, 0) is 17.3 Å². The molecule has 1 aromatic heterocycles. The lowest BCUT2D eigenvalue weighted by atomic mass is 10.4. The average Bonchev–Trinajstić information content (AvgIpc) is 2.72. The Labute approximate surface area is 101 Å². The Morgan fingerprint density at radius 1 is 1.69 bits per heavy atom. The SMILES string of the molecule is CS(=O)CCCNC(=O)c1csc(CN)n1. The fourth-order valence-electron chi connectivity index (χ4n) is 1.08. The predicted molar refractivity (Wildman–Crippen MR) is 65.9 cm³/mol. The van der Waals surface area contributed by atoms with E-state index in [1.807, 2.05) is 0 Å². The Hall–Kier alpha value is -0.790. The van der Waals surface area contributed by atoms with Gasteiger partial charge in [0.15, 0.2) is 0 Å². The number of rotatable bonds is 6. The smallest absolute Gasteiger partial charge is 0.270 e. The van der Waals surface area contributed by atoms with Crippen molar-refractivity contribution in [3.63, 3.8) is 0 Å². The summed E-state index contributed by atoms with van der Waals surface area (Å²) in [6.07, 6.45) is 2.36. The maximum absolute atomic E-state index is 11.5. The monoisotopic (exact) mass is 261 g/mol. The first-order valence-electron chi connectivity index (χ1n) is 4.86. The second-order valence-corrected chi connectivity index (χ2v) is 5.71. The minimum atomic E-state index is -0.803. The molecule has 0 saturated carbocycles. The van der Waals surface area contributed by atoms with Crippen molar-refractivity contribution in [1.82, 2.24) is 10.3 Å². The molecule has 0 spiro atoms. The second-order valence-electron chi connectivity index (χ2n) is 3.22. The summed E-state index contributed by atoms with van der Waals surface area (Å²) < 4.78 is 10.8. The molecule has 1 heterocycles. The topological polar surface area (TPSA) is 85.1 Å². The maximum atomic E-state index is 11.5. The normalized spacial score (nSPS) is 12.4. The van der Waals surface area contributed by atoms with E-state index in [0.29, 0.717) is 31.0 Å². The lowest BCUT2D eigenvalue weighted by Crippen LogP contribution is -2.25. The van der Waals surface area contributed by atoms with Crippen molar-refractivity contribution in [3.05, 3.63) is 16.1 Å². The summed E-state index contributed by atoms with van der Waals surface area (Å²) in [6.45, 7) is 0.876. The number of carbonyl (C=O) groups is 1. The van der Waals surface area contributed by atoms with E-state index in [1.165, 1.54) is 11.3 Å². The number of thiazole rings is 1. The highest BCUT2D eigenvalue weighted by Crippen LogP contribution is 2.08. The van der Waals surface area contributed by atoms with Gasteiger partial charge < -0.3 is 11.1 Å². The van der Waals surface area contributed by atoms with Crippen molar-refractivity contribution < 1.29 is 9.00 Å². The molecule has 0 saturated heterocycles. The van der Waals surface area contributed by atoms with Gasteiger partial charge in [0.1, 0.15) is 10.7 Å². The average molecular weight is 261 g/mol. The van der Waals surface area contributed by atoms with Crippen molar-refractivity contribution in [3.8, 4) is 0 Å². The van der Waals surface area contributed by atoms with Gasteiger partial charge in [0.25, 0.3) is 5.91 Å². The summed E-state index contributed by atoms with van der Waals surface area (Å²) in [6, 6.07) is 0. The first-order valence-corrected chi connectivity index (χ1v) is 7.47. The molecule has 1 amide bonds. The zero-order chi connectivity index (χ0) is 12.0. The third kappa shape index (κ3) is 4.38. The van der Waals surface area contributed by atoms with Crippen LogP contribution >= 0.6 is 11.3 Å². The predicted octanol–water partition coefficient (Wildman–Crippen LogP) is 0.100.